The highest BCUT2D eigenvalue weighted by Crippen LogP contribution is 2.25. The third-order valence-corrected chi connectivity index (χ3v) is 3.63. The molecule has 0 amide bonds. The van der Waals surface area contributed by atoms with Gasteiger partial charge in [0.2, 0.25) is 5.95 Å². The molecule has 18 heavy (non-hydrogen) atoms. The molecule has 0 bridgehead atoms. The first kappa shape index (κ1) is 11.4. The average Bonchev–Trinajstić information content (AvgIpc) is 2.39. The van der Waals surface area contributed by atoms with Crippen LogP contribution >= 0.6 is 0 Å². The number of fused-ring (bicyclic) bond motifs is 1. The van der Waals surface area contributed by atoms with E-state index >= 15 is 0 Å². The molecule has 2 aromatic rings. The van der Waals surface area contributed by atoms with Crippen molar-refractivity contribution in [3.05, 3.63) is 24.3 Å². The summed E-state index contributed by atoms with van der Waals surface area (Å²) in [5.74, 6) is 1.46. The summed E-state index contributed by atoms with van der Waals surface area (Å²) in [6, 6.07) is 8.33. The van der Waals surface area contributed by atoms with E-state index in [1.807, 2.05) is 24.3 Å². The summed E-state index contributed by atoms with van der Waals surface area (Å²) in [4.78, 5) is 4.51. The lowest BCUT2D eigenvalue weighted by molar-refractivity contribution is 0.357. The number of anilines is 1. The molecule has 0 spiro atoms. The van der Waals surface area contributed by atoms with Gasteiger partial charge in [-0.1, -0.05) is 31.9 Å². The Kier molecular flexibility index (Phi) is 3.09. The highest BCUT2D eigenvalue weighted by atomic mass is 15.2. The lowest BCUT2D eigenvalue weighted by Crippen LogP contribution is -2.27. The Morgan fingerprint density at radius 3 is 2.78 bits per heavy atom. The van der Waals surface area contributed by atoms with Crippen LogP contribution in [0.2, 0.25) is 0 Å². The maximum absolute atomic E-state index is 4.51. The van der Waals surface area contributed by atoms with Gasteiger partial charge in [-0.15, -0.1) is 10.2 Å². The predicted molar refractivity (Wildman–Crippen MR) is 72.4 cm³/mol. The SMILES string of the molecule is CC1CCCC(Nc2nnc3ccccc3n2)C1. The second-order valence-electron chi connectivity index (χ2n) is 5.24. The van der Waals surface area contributed by atoms with Gasteiger partial charge in [-0.25, -0.2) is 4.98 Å². The zero-order chi connectivity index (χ0) is 12.4. The summed E-state index contributed by atoms with van der Waals surface area (Å²) >= 11 is 0. The van der Waals surface area contributed by atoms with Gasteiger partial charge in [0, 0.05) is 6.04 Å². The first-order chi connectivity index (χ1) is 8.81. The molecule has 1 aliphatic carbocycles. The van der Waals surface area contributed by atoms with Gasteiger partial charge in [0.1, 0.15) is 5.52 Å². The molecule has 1 N–H and O–H groups in total. The van der Waals surface area contributed by atoms with Crippen LogP contribution in [0.25, 0.3) is 11.0 Å². The van der Waals surface area contributed by atoms with E-state index in [0.717, 1.165) is 17.0 Å². The van der Waals surface area contributed by atoms with Gasteiger partial charge in [-0.05, 0) is 30.9 Å². The zero-order valence-corrected chi connectivity index (χ0v) is 10.6. The second kappa shape index (κ2) is 4.88. The summed E-state index contributed by atoms with van der Waals surface area (Å²) in [6.45, 7) is 2.31. The monoisotopic (exact) mass is 242 g/mol. The number of hydrogen-bond acceptors (Lipinski definition) is 4. The Balaban J connectivity index is 1.78. The highest BCUT2D eigenvalue weighted by Gasteiger charge is 2.19. The first-order valence-corrected chi connectivity index (χ1v) is 6.67. The lowest BCUT2D eigenvalue weighted by atomic mass is 9.87. The van der Waals surface area contributed by atoms with Gasteiger partial charge in [-0.3, -0.25) is 0 Å². The Labute approximate surface area is 107 Å². The molecule has 3 rings (SSSR count). The molecule has 4 heteroatoms. The van der Waals surface area contributed by atoms with Crippen LogP contribution in [-0.4, -0.2) is 21.2 Å². The Hall–Kier alpha value is -1.71. The molecule has 2 atom stereocenters. The summed E-state index contributed by atoms with van der Waals surface area (Å²) < 4.78 is 0. The molecule has 94 valence electrons. The Morgan fingerprint density at radius 1 is 1.11 bits per heavy atom. The quantitative estimate of drug-likeness (QED) is 0.879. The van der Waals surface area contributed by atoms with E-state index in [-0.39, 0.29) is 0 Å². The van der Waals surface area contributed by atoms with Crippen LogP contribution in [0.3, 0.4) is 0 Å². The molecule has 1 aromatic heterocycles. The fourth-order valence-electron chi connectivity index (χ4n) is 2.69. The number of para-hydroxylation sites is 1. The van der Waals surface area contributed by atoms with E-state index in [0.29, 0.717) is 12.0 Å². The minimum atomic E-state index is 0.497. The van der Waals surface area contributed by atoms with Crippen LogP contribution in [-0.2, 0) is 0 Å². The van der Waals surface area contributed by atoms with Crippen LogP contribution in [0.4, 0.5) is 5.95 Å². The van der Waals surface area contributed by atoms with Crippen LogP contribution < -0.4 is 5.32 Å². The molecule has 1 fully saturated rings. The maximum atomic E-state index is 4.51. The average molecular weight is 242 g/mol. The number of benzene rings is 1. The van der Waals surface area contributed by atoms with Crippen molar-refractivity contribution in [3.8, 4) is 0 Å². The van der Waals surface area contributed by atoms with E-state index in [1.54, 1.807) is 0 Å². The zero-order valence-electron chi connectivity index (χ0n) is 10.6. The van der Waals surface area contributed by atoms with E-state index < -0.39 is 0 Å². The normalized spacial score (nSPS) is 24.1. The third-order valence-electron chi connectivity index (χ3n) is 3.63. The minimum absolute atomic E-state index is 0.497. The van der Waals surface area contributed by atoms with Crippen LogP contribution in [0.1, 0.15) is 32.6 Å². The van der Waals surface area contributed by atoms with E-state index in [2.05, 4.69) is 27.4 Å². The van der Waals surface area contributed by atoms with Crippen molar-refractivity contribution >= 4 is 17.0 Å². The Bertz CT molecular complexity index is 540. The summed E-state index contributed by atoms with van der Waals surface area (Å²) in [7, 11) is 0. The highest BCUT2D eigenvalue weighted by molar-refractivity contribution is 5.74. The van der Waals surface area contributed by atoms with Crippen molar-refractivity contribution in [1.29, 1.82) is 0 Å². The summed E-state index contributed by atoms with van der Waals surface area (Å²) in [5.41, 5.74) is 1.75. The standard InChI is InChI=1S/C14H18N4/c1-10-5-4-6-11(9-10)15-14-16-12-7-2-3-8-13(12)17-18-14/h2-3,7-8,10-11H,4-6,9H2,1H3,(H,15,16,18). The van der Waals surface area contributed by atoms with Crippen LogP contribution in [0.15, 0.2) is 24.3 Å². The molecule has 1 saturated carbocycles. The Morgan fingerprint density at radius 2 is 1.94 bits per heavy atom. The lowest BCUT2D eigenvalue weighted by Gasteiger charge is -2.27. The smallest absolute Gasteiger partial charge is 0.243 e. The van der Waals surface area contributed by atoms with Gasteiger partial charge in [0.15, 0.2) is 0 Å². The van der Waals surface area contributed by atoms with Crippen molar-refractivity contribution in [2.24, 2.45) is 5.92 Å². The van der Waals surface area contributed by atoms with Gasteiger partial charge in [0.25, 0.3) is 0 Å². The molecular weight excluding hydrogens is 224 g/mol. The number of rotatable bonds is 2. The van der Waals surface area contributed by atoms with Crippen LogP contribution in [0.5, 0.6) is 0 Å². The van der Waals surface area contributed by atoms with Gasteiger partial charge in [-0.2, -0.15) is 0 Å². The van der Waals surface area contributed by atoms with E-state index in [9.17, 15) is 0 Å². The largest absolute Gasteiger partial charge is 0.350 e. The molecule has 1 aliphatic rings. The van der Waals surface area contributed by atoms with Crippen LogP contribution in [0, 0.1) is 5.92 Å². The number of nitrogens with one attached hydrogen (secondary N) is 1. The molecule has 0 saturated heterocycles. The third kappa shape index (κ3) is 2.42. The van der Waals surface area contributed by atoms with Gasteiger partial charge >= 0.3 is 0 Å². The fourth-order valence-corrected chi connectivity index (χ4v) is 2.69. The van der Waals surface area contributed by atoms with Gasteiger partial charge < -0.3 is 5.32 Å². The molecular formula is C14H18N4. The molecule has 0 radical (unpaired) electrons. The van der Waals surface area contributed by atoms with E-state index in [4.69, 9.17) is 0 Å². The second-order valence-corrected chi connectivity index (χ2v) is 5.24. The minimum Gasteiger partial charge on any atom is -0.350 e. The van der Waals surface area contributed by atoms with Crippen molar-refractivity contribution in [3.63, 3.8) is 0 Å². The molecule has 2 unspecified atom stereocenters. The summed E-state index contributed by atoms with van der Waals surface area (Å²) in [6.07, 6.45) is 5.05. The first-order valence-electron chi connectivity index (χ1n) is 6.67. The molecule has 4 nitrogen and oxygen atoms in total. The van der Waals surface area contributed by atoms with Crippen molar-refractivity contribution < 1.29 is 0 Å². The topological polar surface area (TPSA) is 50.7 Å². The van der Waals surface area contributed by atoms with E-state index in [1.165, 1.54) is 25.7 Å². The molecule has 1 aromatic carbocycles. The summed E-state index contributed by atoms with van der Waals surface area (Å²) in [5, 5.41) is 11.8. The fraction of sp³-hybridized carbons (Fsp3) is 0.500. The number of aromatic nitrogens is 3. The van der Waals surface area contributed by atoms with Gasteiger partial charge in [0.05, 0.1) is 5.52 Å². The van der Waals surface area contributed by atoms with Crippen molar-refractivity contribution in [1.82, 2.24) is 15.2 Å². The maximum Gasteiger partial charge on any atom is 0.243 e. The van der Waals surface area contributed by atoms with Crippen molar-refractivity contribution in [2.75, 3.05) is 5.32 Å². The number of nitrogens with zero attached hydrogens (tertiary/aromatic N) is 3. The number of hydrogen-bond donors (Lipinski definition) is 1. The molecule has 0 aliphatic heterocycles. The van der Waals surface area contributed by atoms with Crippen molar-refractivity contribution in [2.45, 2.75) is 38.6 Å². The predicted octanol–water partition coefficient (Wildman–Crippen LogP) is 3.02. The molecule has 1 heterocycles.